The Morgan fingerprint density at radius 1 is 1.12 bits per heavy atom. The molecule has 6 nitrogen and oxygen atoms in total. The molecule has 2 saturated heterocycles. The van der Waals surface area contributed by atoms with Gasteiger partial charge < -0.3 is 20.5 Å². The molecular weight excluding hydrogens is 511 g/mol. The molecule has 0 unspecified atom stereocenters. The number of benzene rings is 1. The molecule has 7 heteroatoms. The van der Waals surface area contributed by atoms with Crippen molar-refractivity contribution < 1.29 is 4.39 Å². The number of likely N-dealkylation sites (tertiary alicyclic amines) is 1. The first-order valence-corrected chi connectivity index (χ1v) is 14.9. The SMILES string of the molecule is C=C(C(=C)c1nc2c(-c3cc(F)cc(CCCN4CCCC4)c3)cncc2[nH]1)/C(=C\C=C(/C)C1CCNCC1)NC. The molecule has 3 aromatic rings. The minimum atomic E-state index is -0.235. The molecule has 2 aromatic heterocycles. The van der Waals surface area contributed by atoms with Crippen LogP contribution in [-0.2, 0) is 6.42 Å². The van der Waals surface area contributed by atoms with Crippen LogP contribution in [0.5, 0.6) is 0 Å². The molecule has 0 amide bonds. The highest BCUT2D eigenvalue weighted by Gasteiger charge is 2.17. The van der Waals surface area contributed by atoms with Crippen molar-refractivity contribution in [3.8, 4) is 11.1 Å². The number of fused-ring (bicyclic) bond motifs is 1. The van der Waals surface area contributed by atoms with Crippen LogP contribution in [0.1, 0.15) is 50.4 Å². The van der Waals surface area contributed by atoms with Crippen LogP contribution >= 0.6 is 0 Å². The number of piperidine rings is 1. The van der Waals surface area contributed by atoms with Crippen LogP contribution in [0.2, 0.25) is 0 Å². The van der Waals surface area contributed by atoms with Gasteiger partial charge in [0.25, 0.3) is 0 Å². The van der Waals surface area contributed by atoms with Crippen LogP contribution in [0.4, 0.5) is 4.39 Å². The first-order valence-electron chi connectivity index (χ1n) is 14.9. The average Bonchev–Trinajstić information content (AvgIpc) is 3.67. The molecule has 5 rings (SSSR count). The van der Waals surface area contributed by atoms with Gasteiger partial charge in [0.05, 0.1) is 17.2 Å². The molecule has 41 heavy (non-hydrogen) atoms. The van der Waals surface area contributed by atoms with E-state index in [9.17, 15) is 4.39 Å². The summed E-state index contributed by atoms with van der Waals surface area (Å²) in [5.41, 5.74) is 7.85. The van der Waals surface area contributed by atoms with Gasteiger partial charge in [0.1, 0.15) is 11.6 Å². The summed E-state index contributed by atoms with van der Waals surface area (Å²) in [7, 11) is 1.89. The quantitative estimate of drug-likeness (QED) is 0.239. The van der Waals surface area contributed by atoms with E-state index in [0.717, 1.165) is 71.5 Å². The zero-order chi connectivity index (χ0) is 28.8. The number of nitrogens with zero attached hydrogens (tertiary/aromatic N) is 3. The number of imidazole rings is 1. The van der Waals surface area contributed by atoms with Crippen LogP contribution in [0, 0.1) is 11.7 Å². The average molecular weight is 555 g/mol. The van der Waals surface area contributed by atoms with Crippen molar-refractivity contribution in [2.45, 2.75) is 45.4 Å². The Balaban J connectivity index is 1.35. The van der Waals surface area contributed by atoms with Gasteiger partial charge in [-0.05, 0) is 113 Å². The zero-order valence-electron chi connectivity index (χ0n) is 24.5. The lowest BCUT2D eigenvalue weighted by Crippen LogP contribution is -2.28. The summed E-state index contributed by atoms with van der Waals surface area (Å²) in [6.07, 6.45) is 14.6. The van der Waals surface area contributed by atoms with Gasteiger partial charge in [-0.15, -0.1) is 0 Å². The van der Waals surface area contributed by atoms with Gasteiger partial charge in [-0.25, -0.2) is 9.37 Å². The standard InChI is InChI=1S/C34H43FN6/c1-23(27-11-13-37-14-12-27)9-10-31(36-4)24(2)25(3)34-39-32-22-38-21-30(33(32)40-34)28-18-26(19-29(35)20-28)8-7-17-41-15-5-6-16-41/h9-10,18-22,27,36-37H,2-3,5-8,11-17H2,1,4H3,(H,39,40)/b23-9+,31-10+. The molecule has 0 saturated carbocycles. The topological polar surface area (TPSA) is 68.9 Å². The highest BCUT2D eigenvalue weighted by molar-refractivity contribution is 5.93. The minimum absolute atomic E-state index is 0.235. The fourth-order valence-corrected chi connectivity index (χ4v) is 6.02. The second-order valence-corrected chi connectivity index (χ2v) is 11.4. The number of H-pyrrole nitrogens is 1. The normalized spacial score (nSPS) is 17.3. The van der Waals surface area contributed by atoms with Crippen molar-refractivity contribution in [2.24, 2.45) is 5.92 Å². The van der Waals surface area contributed by atoms with Crippen molar-refractivity contribution in [3.63, 3.8) is 0 Å². The summed E-state index contributed by atoms with van der Waals surface area (Å²) in [6, 6.07) is 5.29. The summed E-state index contributed by atoms with van der Waals surface area (Å²) >= 11 is 0. The molecule has 0 radical (unpaired) electrons. The van der Waals surface area contributed by atoms with Gasteiger partial charge in [0.15, 0.2) is 0 Å². The zero-order valence-corrected chi connectivity index (χ0v) is 24.5. The molecule has 2 fully saturated rings. The van der Waals surface area contributed by atoms with Crippen molar-refractivity contribution in [1.29, 1.82) is 0 Å². The number of hydrogen-bond donors (Lipinski definition) is 3. The smallest absolute Gasteiger partial charge is 0.138 e. The number of rotatable bonds is 11. The Morgan fingerprint density at radius 3 is 2.66 bits per heavy atom. The number of likely N-dealkylation sites (N-methyl/N-ethyl adjacent to an activating group) is 1. The number of allylic oxidation sites excluding steroid dienone is 4. The first-order chi connectivity index (χ1) is 19.9. The van der Waals surface area contributed by atoms with Gasteiger partial charge >= 0.3 is 0 Å². The second-order valence-electron chi connectivity index (χ2n) is 11.4. The highest BCUT2D eigenvalue weighted by atomic mass is 19.1. The minimum Gasteiger partial charge on any atom is -0.388 e. The first kappa shape index (κ1) is 29.0. The third-order valence-corrected chi connectivity index (χ3v) is 8.54. The lowest BCUT2D eigenvalue weighted by molar-refractivity contribution is 0.334. The maximum Gasteiger partial charge on any atom is 0.138 e. The van der Waals surface area contributed by atoms with Crippen LogP contribution in [0.15, 0.2) is 72.7 Å². The molecule has 0 bridgehead atoms. The van der Waals surface area contributed by atoms with Crippen LogP contribution in [0.25, 0.3) is 27.7 Å². The van der Waals surface area contributed by atoms with Gasteiger partial charge in [-0.1, -0.05) is 30.9 Å². The fraction of sp³-hybridized carbons (Fsp3) is 0.412. The molecule has 4 heterocycles. The highest BCUT2D eigenvalue weighted by Crippen LogP contribution is 2.31. The summed E-state index contributed by atoms with van der Waals surface area (Å²) < 4.78 is 14.8. The number of hydrogen-bond acceptors (Lipinski definition) is 5. The largest absolute Gasteiger partial charge is 0.388 e. The Bertz CT molecular complexity index is 1450. The number of nitrogens with one attached hydrogen (secondary N) is 3. The maximum absolute atomic E-state index is 14.8. The van der Waals surface area contributed by atoms with E-state index in [1.54, 1.807) is 24.5 Å². The van der Waals surface area contributed by atoms with E-state index < -0.39 is 0 Å². The summed E-state index contributed by atoms with van der Waals surface area (Å²) in [6.45, 7) is 16.4. The molecule has 2 aliphatic rings. The van der Waals surface area contributed by atoms with E-state index in [2.05, 4.69) is 63.8 Å². The number of aromatic nitrogens is 3. The third kappa shape index (κ3) is 7.03. The molecule has 0 atom stereocenters. The van der Waals surface area contributed by atoms with Crippen LogP contribution < -0.4 is 10.6 Å². The van der Waals surface area contributed by atoms with Crippen molar-refractivity contribution in [2.75, 3.05) is 39.8 Å². The fourth-order valence-electron chi connectivity index (χ4n) is 6.02. The Kier molecular flexibility index (Phi) is 9.47. The van der Waals surface area contributed by atoms with E-state index in [1.165, 1.54) is 44.3 Å². The van der Waals surface area contributed by atoms with Crippen molar-refractivity contribution >= 4 is 16.6 Å². The second kappa shape index (κ2) is 13.4. The predicted octanol–water partition coefficient (Wildman–Crippen LogP) is 6.41. The van der Waals surface area contributed by atoms with E-state index in [0.29, 0.717) is 17.3 Å². The lowest BCUT2D eigenvalue weighted by atomic mass is 9.90. The van der Waals surface area contributed by atoms with Gasteiger partial charge in [-0.2, -0.15) is 0 Å². The number of aromatic amines is 1. The molecule has 3 N–H and O–H groups in total. The molecule has 2 aliphatic heterocycles. The summed E-state index contributed by atoms with van der Waals surface area (Å²) in [5, 5.41) is 6.70. The summed E-state index contributed by atoms with van der Waals surface area (Å²) in [4.78, 5) is 15.2. The number of halogens is 1. The van der Waals surface area contributed by atoms with Crippen molar-refractivity contribution in [1.82, 2.24) is 30.5 Å². The maximum atomic E-state index is 14.8. The molecule has 0 spiro atoms. The molecule has 216 valence electrons. The molecular formula is C34H43FN6. The van der Waals surface area contributed by atoms with Gasteiger partial charge in [0, 0.05) is 35.7 Å². The number of aryl methyl sites for hydroxylation is 1. The number of pyridine rings is 1. The Labute approximate surface area is 243 Å². The summed E-state index contributed by atoms with van der Waals surface area (Å²) in [5.74, 6) is 0.999. The predicted molar refractivity (Wildman–Crippen MR) is 168 cm³/mol. The Morgan fingerprint density at radius 2 is 1.90 bits per heavy atom. The molecule has 1 aromatic carbocycles. The third-order valence-electron chi connectivity index (χ3n) is 8.54. The van der Waals surface area contributed by atoms with Gasteiger partial charge in [-0.3, -0.25) is 4.98 Å². The monoisotopic (exact) mass is 554 g/mol. The van der Waals surface area contributed by atoms with E-state index in [4.69, 9.17) is 4.98 Å². The van der Waals surface area contributed by atoms with E-state index in [-0.39, 0.29) is 5.82 Å². The molecule has 0 aliphatic carbocycles. The van der Waals surface area contributed by atoms with E-state index >= 15 is 0 Å². The van der Waals surface area contributed by atoms with Crippen molar-refractivity contribution in [3.05, 3.63) is 90.0 Å². The lowest BCUT2D eigenvalue weighted by Gasteiger charge is -2.23. The Hall–Kier alpha value is -3.55. The van der Waals surface area contributed by atoms with Crippen LogP contribution in [0.3, 0.4) is 0 Å². The van der Waals surface area contributed by atoms with Crippen LogP contribution in [-0.4, -0.2) is 59.6 Å². The van der Waals surface area contributed by atoms with Gasteiger partial charge in [0.2, 0.25) is 0 Å². The van der Waals surface area contributed by atoms with E-state index in [1.807, 2.05) is 7.05 Å².